The van der Waals surface area contributed by atoms with E-state index in [1.807, 2.05) is 55.5 Å². The van der Waals surface area contributed by atoms with Crippen LogP contribution in [0.5, 0.6) is 0 Å². The Hall–Kier alpha value is -1.02. The van der Waals surface area contributed by atoms with E-state index < -0.39 is 0 Å². The van der Waals surface area contributed by atoms with Crippen LogP contribution in [-0.4, -0.2) is 0 Å². The second-order valence-corrected chi connectivity index (χ2v) is 4.33. The van der Waals surface area contributed by atoms with E-state index in [-0.39, 0.29) is 18.4 Å². The molecule has 0 radical (unpaired) electrons. The van der Waals surface area contributed by atoms with Crippen LogP contribution in [0.25, 0.3) is 0 Å². The van der Waals surface area contributed by atoms with Gasteiger partial charge in [0.2, 0.25) is 0 Å². The molecule has 0 fully saturated rings. The third kappa shape index (κ3) is 3.22. The van der Waals surface area contributed by atoms with Gasteiger partial charge in [-0.15, -0.1) is 12.4 Å². The summed E-state index contributed by atoms with van der Waals surface area (Å²) in [4.78, 5) is 0. The topological polar surface area (TPSA) is 26.0 Å². The summed E-state index contributed by atoms with van der Waals surface area (Å²) in [5.74, 6) is 0. The van der Waals surface area contributed by atoms with Crippen molar-refractivity contribution in [2.45, 2.75) is 13.0 Å². The molecule has 0 saturated carbocycles. The zero-order chi connectivity index (χ0) is 11.5. The molecule has 0 saturated heterocycles. The number of hydrogen-bond donors (Lipinski definition) is 1. The lowest BCUT2D eigenvalue weighted by Crippen LogP contribution is -2.12. The molecule has 2 N–H and O–H groups in total. The second kappa shape index (κ2) is 6.06. The summed E-state index contributed by atoms with van der Waals surface area (Å²) in [6, 6.07) is 15.8. The molecule has 0 aliphatic rings. The fourth-order valence-electron chi connectivity index (χ4n) is 1.83. The minimum absolute atomic E-state index is 0. The van der Waals surface area contributed by atoms with Gasteiger partial charge in [-0.1, -0.05) is 48.0 Å². The Kier molecular flexibility index (Phi) is 5.01. The highest BCUT2D eigenvalue weighted by Gasteiger charge is 2.10. The molecule has 0 heterocycles. The van der Waals surface area contributed by atoms with Gasteiger partial charge >= 0.3 is 0 Å². The molecule has 2 aromatic rings. The quantitative estimate of drug-likeness (QED) is 0.871. The number of nitrogens with two attached hydrogens (primary N) is 1. The Morgan fingerprint density at radius 2 is 1.71 bits per heavy atom. The monoisotopic (exact) mass is 267 g/mol. The highest BCUT2D eigenvalue weighted by atomic mass is 35.5. The second-order valence-electron chi connectivity index (χ2n) is 3.89. The van der Waals surface area contributed by atoms with E-state index in [0.29, 0.717) is 0 Å². The van der Waals surface area contributed by atoms with Crippen molar-refractivity contribution in [3.8, 4) is 0 Å². The van der Waals surface area contributed by atoms with Crippen molar-refractivity contribution in [1.82, 2.24) is 0 Å². The van der Waals surface area contributed by atoms with E-state index in [1.54, 1.807) is 0 Å². The smallest absolute Gasteiger partial charge is 0.0554 e. The molecule has 0 aromatic heterocycles. The van der Waals surface area contributed by atoms with Crippen molar-refractivity contribution in [2.24, 2.45) is 5.73 Å². The van der Waals surface area contributed by atoms with E-state index in [1.165, 1.54) is 0 Å². The number of aryl methyl sites for hydroxylation is 1. The molecule has 2 aromatic carbocycles. The molecule has 1 atom stereocenters. The first kappa shape index (κ1) is 14.0. The van der Waals surface area contributed by atoms with Gasteiger partial charge in [-0.05, 0) is 35.7 Å². The van der Waals surface area contributed by atoms with E-state index in [0.717, 1.165) is 21.7 Å². The Bertz CT molecular complexity index is 483. The molecule has 3 heteroatoms. The van der Waals surface area contributed by atoms with Gasteiger partial charge in [-0.25, -0.2) is 0 Å². The van der Waals surface area contributed by atoms with Crippen LogP contribution in [0.2, 0.25) is 5.02 Å². The van der Waals surface area contributed by atoms with Crippen molar-refractivity contribution in [1.29, 1.82) is 0 Å². The number of benzene rings is 2. The van der Waals surface area contributed by atoms with Crippen molar-refractivity contribution >= 4 is 24.0 Å². The standard InChI is InChI=1S/C14H14ClN.ClH/c1-10-9-12(15)7-8-13(10)14(16)11-5-3-2-4-6-11;/h2-9,14H,16H2,1H3;1H. The van der Waals surface area contributed by atoms with E-state index >= 15 is 0 Å². The van der Waals surface area contributed by atoms with E-state index in [9.17, 15) is 0 Å². The molecule has 0 amide bonds. The third-order valence-corrected chi connectivity index (χ3v) is 2.96. The van der Waals surface area contributed by atoms with Gasteiger partial charge < -0.3 is 5.73 Å². The first-order valence-corrected chi connectivity index (χ1v) is 5.63. The van der Waals surface area contributed by atoms with Gasteiger partial charge in [-0.3, -0.25) is 0 Å². The van der Waals surface area contributed by atoms with Crippen LogP contribution in [0.3, 0.4) is 0 Å². The molecule has 1 unspecified atom stereocenters. The predicted octanol–water partition coefficient (Wildman–Crippen LogP) is 4.12. The molecule has 90 valence electrons. The molecule has 0 bridgehead atoms. The lowest BCUT2D eigenvalue weighted by Gasteiger charge is -2.15. The molecular formula is C14H15Cl2N. The first-order valence-electron chi connectivity index (χ1n) is 5.25. The van der Waals surface area contributed by atoms with E-state index in [2.05, 4.69) is 0 Å². The lowest BCUT2D eigenvalue weighted by molar-refractivity contribution is 0.862. The molecular weight excluding hydrogens is 253 g/mol. The van der Waals surface area contributed by atoms with Crippen molar-refractivity contribution in [3.05, 3.63) is 70.2 Å². The largest absolute Gasteiger partial charge is 0.320 e. The highest BCUT2D eigenvalue weighted by Crippen LogP contribution is 2.24. The Labute approximate surface area is 113 Å². The number of hydrogen-bond acceptors (Lipinski definition) is 1. The van der Waals surface area contributed by atoms with E-state index in [4.69, 9.17) is 17.3 Å². The third-order valence-electron chi connectivity index (χ3n) is 2.73. The Morgan fingerprint density at radius 1 is 1.06 bits per heavy atom. The van der Waals surface area contributed by atoms with Crippen LogP contribution in [0.4, 0.5) is 0 Å². The molecule has 17 heavy (non-hydrogen) atoms. The van der Waals surface area contributed by atoms with Crippen molar-refractivity contribution in [2.75, 3.05) is 0 Å². The van der Waals surface area contributed by atoms with Crippen molar-refractivity contribution in [3.63, 3.8) is 0 Å². The fourth-order valence-corrected chi connectivity index (χ4v) is 2.05. The molecule has 0 aliphatic carbocycles. The van der Waals surface area contributed by atoms with Crippen LogP contribution in [-0.2, 0) is 0 Å². The number of rotatable bonds is 2. The fraction of sp³-hybridized carbons (Fsp3) is 0.143. The van der Waals surface area contributed by atoms with Gasteiger partial charge in [0.25, 0.3) is 0 Å². The SMILES string of the molecule is Cc1cc(Cl)ccc1C(N)c1ccccc1.Cl. The maximum atomic E-state index is 6.22. The zero-order valence-corrected chi connectivity index (χ0v) is 11.1. The summed E-state index contributed by atoms with van der Waals surface area (Å²) < 4.78 is 0. The molecule has 0 spiro atoms. The van der Waals surface area contributed by atoms with Crippen molar-refractivity contribution < 1.29 is 0 Å². The molecule has 0 aliphatic heterocycles. The zero-order valence-electron chi connectivity index (χ0n) is 9.56. The van der Waals surface area contributed by atoms with Crippen LogP contribution in [0, 0.1) is 6.92 Å². The molecule has 2 rings (SSSR count). The van der Waals surface area contributed by atoms with Crippen LogP contribution < -0.4 is 5.73 Å². The summed E-state index contributed by atoms with van der Waals surface area (Å²) in [5, 5.41) is 0.751. The maximum absolute atomic E-state index is 6.22. The van der Waals surface area contributed by atoms with Gasteiger partial charge in [0.05, 0.1) is 6.04 Å². The summed E-state index contributed by atoms with van der Waals surface area (Å²) in [6.45, 7) is 2.03. The molecule has 1 nitrogen and oxygen atoms in total. The summed E-state index contributed by atoms with van der Waals surface area (Å²) in [5.41, 5.74) is 9.59. The Balaban J connectivity index is 0.00000144. The summed E-state index contributed by atoms with van der Waals surface area (Å²) >= 11 is 5.93. The van der Waals surface area contributed by atoms with Gasteiger partial charge in [0.15, 0.2) is 0 Å². The summed E-state index contributed by atoms with van der Waals surface area (Å²) in [7, 11) is 0. The minimum Gasteiger partial charge on any atom is -0.320 e. The lowest BCUT2D eigenvalue weighted by atomic mass is 9.96. The van der Waals surface area contributed by atoms with Gasteiger partial charge in [0, 0.05) is 5.02 Å². The van der Waals surface area contributed by atoms with Crippen LogP contribution >= 0.6 is 24.0 Å². The minimum atomic E-state index is -0.0848. The van der Waals surface area contributed by atoms with Gasteiger partial charge in [-0.2, -0.15) is 0 Å². The highest BCUT2D eigenvalue weighted by molar-refractivity contribution is 6.30. The van der Waals surface area contributed by atoms with Gasteiger partial charge in [0.1, 0.15) is 0 Å². The van der Waals surface area contributed by atoms with Crippen LogP contribution in [0.15, 0.2) is 48.5 Å². The summed E-state index contributed by atoms with van der Waals surface area (Å²) in [6.07, 6.45) is 0. The van der Waals surface area contributed by atoms with Crippen LogP contribution in [0.1, 0.15) is 22.7 Å². The average Bonchev–Trinajstić information content (AvgIpc) is 2.29. The Morgan fingerprint density at radius 3 is 2.29 bits per heavy atom. The first-order chi connectivity index (χ1) is 7.68. The predicted molar refractivity (Wildman–Crippen MR) is 75.9 cm³/mol. The average molecular weight is 268 g/mol. The normalized spacial score (nSPS) is 11.7. The number of halogens is 2. The maximum Gasteiger partial charge on any atom is 0.0554 e.